The van der Waals surface area contributed by atoms with E-state index in [1.165, 1.54) is 10.5 Å². The fourth-order valence-electron chi connectivity index (χ4n) is 0.869. The lowest BCUT2D eigenvalue weighted by molar-refractivity contribution is 0.322. The second kappa shape index (κ2) is 4.42. The summed E-state index contributed by atoms with van der Waals surface area (Å²) in [4.78, 5) is 1.24. The zero-order chi connectivity index (χ0) is 8.10. The largest absolute Gasteiger partial charge is 0.396 e. The molecule has 2 heteroatoms. The van der Waals surface area contributed by atoms with E-state index in [1.54, 1.807) is 11.8 Å². The summed E-state index contributed by atoms with van der Waals surface area (Å²) in [6, 6.07) is 8.30. The zero-order valence-corrected chi connectivity index (χ0v) is 7.40. The molecule has 0 unspecified atom stereocenters. The standard InChI is InChI=1S/C9H12OS/c1-8-3-2-4-9(7-8)11-6-5-10/h2-4,7,10H,5-6H2,1H3. The Morgan fingerprint density at radius 2 is 2.27 bits per heavy atom. The van der Waals surface area contributed by atoms with Crippen LogP contribution >= 0.6 is 11.8 Å². The number of hydrogen-bond donors (Lipinski definition) is 1. The Morgan fingerprint density at radius 1 is 1.45 bits per heavy atom. The van der Waals surface area contributed by atoms with Gasteiger partial charge in [-0.15, -0.1) is 11.8 Å². The highest BCUT2D eigenvalue weighted by Crippen LogP contribution is 2.17. The summed E-state index contributed by atoms with van der Waals surface area (Å²) in [5, 5.41) is 8.58. The third-order valence-corrected chi connectivity index (χ3v) is 2.32. The summed E-state index contributed by atoms with van der Waals surface area (Å²) in [6.45, 7) is 2.32. The predicted molar refractivity (Wildman–Crippen MR) is 49.0 cm³/mol. The van der Waals surface area contributed by atoms with Gasteiger partial charge in [-0.25, -0.2) is 0 Å². The summed E-state index contributed by atoms with van der Waals surface area (Å²) in [5.41, 5.74) is 1.27. The molecule has 11 heavy (non-hydrogen) atoms. The highest BCUT2D eigenvalue weighted by atomic mass is 32.2. The van der Waals surface area contributed by atoms with Gasteiger partial charge >= 0.3 is 0 Å². The van der Waals surface area contributed by atoms with Crippen molar-refractivity contribution in [1.29, 1.82) is 0 Å². The van der Waals surface area contributed by atoms with Crippen LogP contribution in [0.15, 0.2) is 29.2 Å². The van der Waals surface area contributed by atoms with Crippen molar-refractivity contribution < 1.29 is 5.11 Å². The minimum Gasteiger partial charge on any atom is -0.396 e. The molecular weight excluding hydrogens is 156 g/mol. The molecule has 0 radical (unpaired) electrons. The van der Waals surface area contributed by atoms with Gasteiger partial charge in [0.25, 0.3) is 0 Å². The van der Waals surface area contributed by atoms with E-state index in [4.69, 9.17) is 5.11 Å². The van der Waals surface area contributed by atoms with Crippen molar-refractivity contribution in [3.05, 3.63) is 29.8 Å². The van der Waals surface area contributed by atoms with Crippen molar-refractivity contribution in [3.8, 4) is 0 Å². The van der Waals surface area contributed by atoms with E-state index in [2.05, 4.69) is 25.1 Å². The van der Waals surface area contributed by atoms with Crippen LogP contribution in [0, 0.1) is 6.92 Å². The van der Waals surface area contributed by atoms with Gasteiger partial charge in [0, 0.05) is 10.6 Å². The van der Waals surface area contributed by atoms with Crippen LogP contribution in [-0.2, 0) is 0 Å². The van der Waals surface area contributed by atoms with Crippen LogP contribution < -0.4 is 0 Å². The van der Waals surface area contributed by atoms with Crippen molar-refractivity contribution in [1.82, 2.24) is 0 Å². The number of aliphatic hydroxyl groups excluding tert-OH is 1. The van der Waals surface area contributed by atoms with E-state index in [9.17, 15) is 0 Å². The predicted octanol–water partition coefficient (Wildman–Crippen LogP) is 2.08. The van der Waals surface area contributed by atoms with Gasteiger partial charge in [-0.3, -0.25) is 0 Å². The molecule has 0 aliphatic heterocycles. The molecule has 0 aliphatic rings. The van der Waals surface area contributed by atoms with Gasteiger partial charge < -0.3 is 5.11 Å². The summed E-state index contributed by atoms with van der Waals surface area (Å²) < 4.78 is 0. The molecule has 1 aromatic carbocycles. The number of aryl methyl sites for hydroxylation is 1. The molecule has 0 atom stereocenters. The highest BCUT2D eigenvalue weighted by Gasteiger charge is 1.91. The Hall–Kier alpha value is -0.470. The lowest BCUT2D eigenvalue weighted by Gasteiger charge is -1.99. The first-order valence-corrected chi connectivity index (χ1v) is 4.62. The van der Waals surface area contributed by atoms with Gasteiger partial charge in [-0.2, -0.15) is 0 Å². The normalized spacial score (nSPS) is 10.0. The number of thioether (sulfide) groups is 1. The second-order valence-corrected chi connectivity index (χ2v) is 3.56. The van der Waals surface area contributed by atoms with Crippen LogP contribution in [0.3, 0.4) is 0 Å². The van der Waals surface area contributed by atoms with Crippen LogP contribution in [0.4, 0.5) is 0 Å². The molecule has 1 N–H and O–H groups in total. The Labute approximate surface area is 71.4 Å². The third kappa shape index (κ3) is 2.95. The number of aliphatic hydroxyl groups is 1. The SMILES string of the molecule is Cc1cccc(SCCO)c1. The van der Waals surface area contributed by atoms with Crippen molar-refractivity contribution in [2.75, 3.05) is 12.4 Å². The number of hydrogen-bond acceptors (Lipinski definition) is 2. The molecule has 0 fully saturated rings. The lowest BCUT2D eigenvalue weighted by Crippen LogP contribution is -1.85. The van der Waals surface area contributed by atoms with Crippen LogP contribution in [0.2, 0.25) is 0 Å². The molecular formula is C9H12OS. The average Bonchev–Trinajstić information content (AvgIpc) is 2.01. The van der Waals surface area contributed by atoms with E-state index in [-0.39, 0.29) is 6.61 Å². The first-order chi connectivity index (χ1) is 5.33. The van der Waals surface area contributed by atoms with Crippen LogP contribution in [0.5, 0.6) is 0 Å². The zero-order valence-electron chi connectivity index (χ0n) is 6.58. The van der Waals surface area contributed by atoms with E-state index in [1.807, 2.05) is 6.07 Å². The van der Waals surface area contributed by atoms with E-state index < -0.39 is 0 Å². The van der Waals surface area contributed by atoms with E-state index >= 15 is 0 Å². The van der Waals surface area contributed by atoms with Gasteiger partial charge in [0.2, 0.25) is 0 Å². The lowest BCUT2D eigenvalue weighted by atomic mass is 10.2. The molecule has 1 aromatic rings. The number of rotatable bonds is 3. The van der Waals surface area contributed by atoms with E-state index in [0.717, 1.165) is 5.75 Å². The minimum atomic E-state index is 0.249. The van der Waals surface area contributed by atoms with Crippen molar-refractivity contribution in [3.63, 3.8) is 0 Å². The molecule has 0 saturated carbocycles. The molecule has 60 valence electrons. The quantitative estimate of drug-likeness (QED) is 0.697. The summed E-state index contributed by atoms with van der Waals surface area (Å²) in [6.07, 6.45) is 0. The monoisotopic (exact) mass is 168 g/mol. The van der Waals surface area contributed by atoms with Crippen LogP contribution in [0.25, 0.3) is 0 Å². The third-order valence-electron chi connectivity index (χ3n) is 1.35. The maximum atomic E-state index is 8.58. The van der Waals surface area contributed by atoms with Crippen LogP contribution in [-0.4, -0.2) is 17.5 Å². The van der Waals surface area contributed by atoms with Crippen molar-refractivity contribution >= 4 is 11.8 Å². The van der Waals surface area contributed by atoms with Gasteiger partial charge in [-0.05, 0) is 19.1 Å². The summed E-state index contributed by atoms with van der Waals surface area (Å²) in [7, 11) is 0. The molecule has 1 nitrogen and oxygen atoms in total. The first kappa shape index (κ1) is 8.62. The molecule has 0 aromatic heterocycles. The fourth-order valence-corrected chi connectivity index (χ4v) is 1.64. The molecule has 0 aliphatic carbocycles. The topological polar surface area (TPSA) is 20.2 Å². The van der Waals surface area contributed by atoms with Crippen LogP contribution in [0.1, 0.15) is 5.56 Å². The molecule has 0 bridgehead atoms. The highest BCUT2D eigenvalue weighted by molar-refractivity contribution is 7.99. The van der Waals surface area contributed by atoms with Gasteiger partial charge in [-0.1, -0.05) is 17.7 Å². The maximum absolute atomic E-state index is 8.58. The Morgan fingerprint density at radius 3 is 2.91 bits per heavy atom. The van der Waals surface area contributed by atoms with E-state index in [0.29, 0.717) is 0 Å². The molecule has 0 saturated heterocycles. The van der Waals surface area contributed by atoms with Crippen molar-refractivity contribution in [2.45, 2.75) is 11.8 Å². The Bertz CT molecular complexity index is 223. The first-order valence-electron chi connectivity index (χ1n) is 3.63. The summed E-state index contributed by atoms with van der Waals surface area (Å²) in [5.74, 6) is 0.781. The van der Waals surface area contributed by atoms with Gasteiger partial charge in [0.1, 0.15) is 0 Å². The average molecular weight is 168 g/mol. The second-order valence-electron chi connectivity index (χ2n) is 2.39. The number of benzene rings is 1. The summed E-state index contributed by atoms with van der Waals surface area (Å²) >= 11 is 1.68. The van der Waals surface area contributed by atoms with Gasteiger partial charge in [0.15, 0.2) is 0 Å². The van der Waals surface area contributed by atoms with Gasteiger partial charge in [0.05, 0.1) is 6.61 Å². The fraction of sp³-hybridized carbons (Fsp3) is 0.333. The molecule has 1 rings (SSSR count). The molecule has 0 spiro atoms. The smallest absolute Gasteiger partial charge is 0.0525 e. The molecule has 0 amide bonds. The Balaban J connectivity index is 2.56. The molecule has 0 heterocycles. The maximum Gasteiger partial charge on any atom is 0.0525 e. The Kier molecular flexibility index (Phi) is 3.46. The van der Waals surface area contributed by atoms with Crippen molar-refractivity contribution in [2.24, 2.45) is 0 Å². The minimum absolute atomic E-state index is 0.249.